The van der Waals surface area contributed by atoms with Gasteiger partial charge in [0.05, 0.1) is 16.8 Å². The van der Waals surface area contributed by atoms with Crippen LogP contribution in [0.1, 0.15) is 23.1 Å². The first-order valence-corrected chi connectivity index (χ1v) is 8.93. The number of imidazole rings is 1. The van der Waals surface area contributed by atoms with E-state index in [9.17, 15) is 9.59 Å². The number of nitrogens with zero attached hydrogens (tertiary/aromatic N) is 3. The van der Waals surface area contributed by atoms with Crippen molar-refractivity contribution in [3.05, 3.63) is 70.0 Å². The lowest BCUT2D eigenvalue weighted by molar-refractivity contribution is -0.137. The van der Waals surface area contributed by atoms with E-state index in [2.05, 4.69) is 5.16 Å². The standard InChI is InChI=1S/C21H17N3O4/c1-11-16(12(2)28-22-11)14-9-10-15-18-19(14)27-20(25)17(13-7-5-4-6-8-13)24(18)21(26)23(15)3/h4-10,17H,1-3H3. The molecule has 4 aromatic rings. The summed E-state index contributed by atoms with van der Waals surface area (Å²) in [6.45, 7) is 3.64. The highest BCUT2D eigenvalue weighted by molar-refractivity contribution is 5.98. The molecular formula is C21H17N3O4. The molecule has 140 valence electrons. The summed E-state index contributed by atoms with van der Waals surface area (Å²) >= 11 is 0. The maximum Gasteiger partial charge on any atom is 0.339 e. The number of aromatic nitrogens is 3. The molecule has 0 bridgehead atoms. The predicted octanol–water partition coefficient (Wildman–Crippen LogP) is 3.12. The predicted molar refractivity (Wildman–Crippen MR) is 102 cm³/mol. The lowest BCUT2D eigenvalue weighted by Crippen LogP contribution is -2.36. The molecule has 0 N–H and O–H groups in total. The van der Waals surface area contributed by atoms with Gasteiger partial charge in [-0.25, -0.2) is 9.59 Å². The summed E-state index contributed by atoms with van der Waals surface area (Å²) in [6.07, 6.45) is 0. The highest BCUT2D eigenvalue weighted by atomic mass is 16.5. The molecule has 0 fully saturated rings. The molecule has 0 saturated heterocycles. The Morgan fingerprint density at radius 1 is 1.04 bits per heavy atom. The van der Waals surface area contributed by atoms with Gasteiger partial charge in [0.25, 0.3) is 0 Å². The van der Waals surface area contributed by atoms with Crippen LogP contribution >= 0.6 is 0 Å². The van der Waals surface area contributed by atoms with Crippen molar-refractivity contribution >= 4 is 17.0 Å². The van der Waals surface area contributed by atoms with Crippen LogP contribution in [0.2, 0.25) is 0 Å². The Balaban J connectivity index is 1.89. The number of benzene rings is 2. The van der Waals surface area contributed by atoms with Crippen LogP contribution in [-0.2, 0) is 11.8 Å². The quantitative estimate of drug-likeness (QED) is 0.397. The summed E-state index contributed by atoms with van der Waals surface area (Å²) in [5, 5.41) is 4.00. The van der Waals surface area contributed by atoms with Crippen molar-refractivity contribution in [1.29, 1.82) is 0 Å². The Bertz CT molecular complexity index is 1290. The number of hydrogen-bond acceptors (Lipinski definition) is 5. The molecule has 28 heavy (non-hydrogen) atoms. The van der Waals surface area contributed by atoms with Gasteiger partial charge in [-0.05, 0) is 31.5 Å². The molecule has 0 saturated carbocycles. The first kappa shape index (κ1) is 16.6. The summed E-state index contributed by atoms with van der Waals surface area (Å²) in [6, 6.07) is 12.0. The van der Waals surface area contributed by atoms with E-state index in [1.54, 1.807) is 7.05 Å². The average molecular weight is 375 g/mol. The van der Waals surface area contributed by atoms with Crippen LogP contribution in [0.5, 0.6) is 5.75 Å². The van der Waals surface area contributed by atoms with Gasteiger partial charge in [-0.2, -0.15) is 0 Å². The second-order valence-electron chi connectivity index (χ2n) is 6.96. The number of rotatable bonds is 2. The third-order valence-corrected chi connectivity index (χ3v) is 5.31. The minimum Gasteiger partial charge on any atom is -0.422 e. The fraction of sp³-hybridized carbons (Fsp3) is 0.190. The van der Waals surface area contributed by atoms with Crippen LogP contribution in [0.25, 0.3) is 22.2 Å². The van der Waals surface area contributed by atoms with Crippen molar-refractivity contribution in [3.63, 3.8) is 0 Å². The van der Waals surface area contributed by atoms with E-state index >= 15 is 0 Å². The van der Waals surface area contributed by atoms with Gasteiger partial charge in [-0.15, -0.1) is 0 Å². The normalized spacial score (nSPS) is 15.8. The Morgan fingerprint density at radius 2 is 1.79 bits per heavy atom. The lowest BCUT2D eigenvalue weighted by Gasteiger charge is -2.25. The molecule has 1 atom stereocenters. The first-order valence-electron chi connectivity index (χ1n) is 8.93. The number of carbonyl (C=O) groups excluding carboxylic acids is 1. The van der Waals surface area contributed by atoms with Crippen molar-refractivity contribution in [2.75, 3.05) is 0 Å². The van der Waals surface area contributed by atoms with Crippen LogP contribution < -0.4 is 10.4 Å². The third-order valence-electron chi connectivity index (χ3n) is 5.31. The zero-order chi connectivity index (χ0) is 19.6. The Kier molecular flexibility index (Phi) is 3.37. The van der Waals surface area contributed by atoms with E-state index in [1.165, 1.54) is 9.13 Å². The maximum absolute atomic E-state index is 13.1. The minimum absolute atomic E-state index is 0.266. The van der Waals surface area contributed by atoms with Gasteiger partial charge in [0, 0.05) is 12.6 Å². The smallest absolute Gasteiger partial charge is 0.339 e. The van der Waals surface area contributed by atoms with Crippen LogP contribution in [0, 0.1) is 13.8 Å². The first-order chi connectivity index (χ1) is 13.5. The largest absolute Gasteiger partial charge is 0.422 e. The summed E-state index contributed by atoms with van der Waals surface area (Å²) in [5.41, 5.74) is 3.88. The molecule has 0 spiro atoms. The highest BCUT2D eigenvalue weighted by Crippen LogP contribution is 2.43. The Morgan fingerprint density at radius 3 is 2.46 bits per heavy atom. The van der Waals surface area contributed by atoms with Crippen LogP contribution in [0.15, 0.2) is 51.8 Å². The summed E-state index contributed by atoms with van der Waals surface area (Å²) in [7, 11) is 1.69. The molecule has 1 aliphatic heterocycles. The minimum atomic E-state index is -0.829. The molecule has 7 nitrogen and oxygen atoms in total. The van der Waals surface area contributed by atoms with Gasteiger partial charge in [0.15, 0.2) is 11.8 Å². The molecule has 5 rings (SSSR count). The van der Waals surface area contributed by atoms with Gasteiger partial charge >= 0.3 is 11.7 Å². The monoisotopic (exact) mass is 375 g/mol. The zero-order valence-electron chi connectivity index (χ0n) is 15.6. The van der Waals surface area contributed by atoms with E-state index < -0.39 is 12.0 Å². The molecule has 1 unspecified atom stereocenters. The molecule has 0 amide bonds. The molecular weight excluding hydrogens is 358 g/mol. The van der Waals surface area contributed by atoms with E-state index in [1.807, 2.05) is 56.3 Å². The number of carbonyl (C=O) groups is 1. The van der Waals surface area contributed by atoms with Gasteiger partial charge in [0.2, 0.25) is 0 Å². The van der Waals surface area contributed by atoms with Gasteiger partial charge < -0.3 is 9.26 Å². The van der Waals surface area contributed by atoms with Crippen LogP contribution in [0.3, 0.4) is 0 Å². The van der Waals surface area contributed by atoms with Crippen LogP contribution in [-0.4, -0.2) is 20.3 Å². The molecule has 2 aromatic heterocycles. The Labute approximate surface area is 159 Å². The van der Waals surface area contributed by atoms with Crippen molar-refractivity contribution in [2.45, 2.75) is 19.9 Å². The second kappa shape index (κ2) is 5.69. The molecule has 1 aliphatic rings. The SMILES string of the molecule is Cc1noc(C)c1-c1ccc2c3c1OC(=O)C(c1ccccc1)n3c(=O)n2C. The molecule has 2 aromatic carbocycles. The van der Waals surface area contributed by atoms with Crippen molar-refractivity contribution in [3.8, 4) is 16.9 Å². The summed E-state index contributed by atoms with van der Waals surface area (Å²) in [5.74, 6) is 0.494. The molecule has 0 radical (unpaired) electrons. The van der Waals surface area contributed by atoms with Crippen molar-refractivity contribution in [2.24, 2.45) is 7.05 Å². The van der Waals surface area contributed by atoms with E-state index in [0.717, 1.165) is 5.56 Å². The number of hydrogen-bond donors (Lipinski definition) is 0. The zero-order valence-corrected chi connectivity index (χ0v) is 15.6. The number of ether oxygens (including phenoxy) is 1. The van der Waals surface area contributed by atoms with E-state index in [-0.39, 0.29) is 5.69 Å². The molecule has 0 aliphatic carbocycles. The summed E-state index contributed by atoms with van der Waals surface area (Å²) < 4.78 is 14.2. The Hall–Kier alpha value is -3.61. The fourth-order valence-corrected chi connectivity index (χ4v) is 4.01. The highest BCUT2D eigenvalue weighted by Gasteiger charge is 2.37. The number of esters is 1. The topological polar surface area (TPSA) is 79.3 Å². The maximum atomic E-state index is 13.1. The van der Waals surface area contributed by atoms with Gasteiger partial charge in [-0.3, -0.25) is 9.13 Å². The second-order valence-corrected chi connectivity index (χ2v) is 6.96. The summed E-state index contributed by atoms with van der Waals surface area (Å²) in [4.78, 5) is 26.1. The average Bonchev–Trinajstić information content (AvgIpc) is 3.15. The lowest BCUT2D eigenvalue weighted by atomic mass is 10.00. The fourth-order valence-electron chi connectivity index (χ4n) is 4.01. The van der Waals surface area contributed by atoms with Gasteiger partial charge in [-0.1, -0.05) is 35.5 Å². The number of aryl methyl sites for hydroxylation is 3. The molecule has 3 heterocycles. The van der Waals surface area contributed by atoms with E-state index in [4.69, 9.17) is 9.26 Å². The van der Waals surface area contributed by atoms with E-state index in [0.29, 0.717) is 39.4 Å². The van der Waals surface area contributed by atoms with Gasteiger partial charge in [0.1, 0.15) is 11.3 Å². The van der Waals surface area contributed by atoms with Crippen molar-refractivity contribution in [1.82, 2.24) is 14.3 Å². The van der Waals surface area contributed by atoms with Crippen molar-refractivity contribution < 1.29 is 14.1 Å². The van der Waals surface area contributed by atoms with Crippen LogP contribution in [0.4, 0.5) is 0 Å². The molecule has 7 heteroatoms. The third kappa shape index (κ3) is 2.07.